The molecule has 0 saturated carbocycles. The number of nitrogens with one attached hydrogen (secondary N) is 1. The summed E-state index contributed by atoms with van der Waals surface area (Å²) in [5.74, 6) is 0.0401. The Balaban J connectivity index is 2.42. The average molecular weight is 337 g/mol. The van der Waals surface area contributed by atoms with Gasteiger partial charge in [-0.05, 0) is 34.1 Å². The van der Waals surface area contributed by atoms with Gasteiger partial charge in [-0.15, -0.1) is 0 Å². The Morgan fingerprint density at radius 1 is 1.50 bits per heavy atom. The molecule has 20 heavy (non-hydrogen) atoms. The number of carbonyl (C=O) groups is 1. The van der Waals surface area contributed by atoms with Crippen molar-refractivity contribution in [3.63, 3.8) is 0 Å². The lowest BCUT2D eigenvalue weighted by Crippen LogP contribution is -2.00. The number of H-pyrrole nitrogens is 1. The number of benzene rings is 1. The molecule has 1 aromatic carbocycles. The number of allylic oxidation sites excluding steroid dienone is 1. The molecule has 0 radical (unpaired) electrons. The van der Waals surface area contributed by atoms with Crippen molar-refractivity contribution in [1.82, 2.24) is 4.98 Å². The van der Waals surface area contributed by atoms with E-state index in [2.05, 4.69) is 27.5 Å². The molecule has 0 fully saturated rings. The lowest BCUT2D eigenvalue weighted by atomic mass is 10.1. The van der Waals surface area contributed by atoms with E-state index in [0.717, 1.165) is 5.39 Å². The highest BCUT2D eigenvalue weighted by Crippen LogP contribution is 2.31. The van der Waals surface area contributed by atoms with Gasteiger partial charge in [0, 0.05) is 10.9 Å². The Hall–Kier alpha value is -2.13. The second-order valence-electron chi connectivity index (χ2n) is 4.01. The lowest BCUT2D eigenvalue weighted by molar-refractivity contribution is 0.103. The van der Waals surface area contributed by atoms with Crippen molar-refractivity contribution in [3.05, 3.63) is 40.5 Å². The van der Waals surface area contributed by atoms with Crippen LogP contribution < -0.4 is 4.74 Å². The molecule has 0 aliphatic rings. The van der Waals surface area contributed by atoms with E-state index in [9.17, 15) is 9.18 Å². The van der Waals surface area contributed by atoms with E-state index in [1.807, 2.05) is 0 Å². The number of nitriles is 1. The molecule has 1 aromatic heterocycles. The third kappa shape index (κ3) is 2.73. The third-order valence-corrected chi connectivity index (χ3v) is 3.28. The first-order valence-corrected chi connectivity index (χ1v) is 6.51. The van der Waals surface area contributed by atoms with E-state index >= 15 is 0 Å². The molecule has 1 N–H and O–H groups in total. The number of nitrogens with zero attached hydrogens (tertiary/aromatic N) is 1. The van der Waals surface area contributed by atoms with E-state index < -0.39 is 12.5 Å². The van der Waals surface area contributed by atoms with Gasteiger partial charge in [-0.1, -0.05) is 6.58 Å². The Kier molecular flexibility index (Phi) is 4.20. The molecular weight excluding hydrogens is 327 g/mol. The summed E-state index contributed by atoms with van der Waals surface area (Å²) in [7, 11) is 0. The Labute approximate surface area is 123 Å². The minimum absolute atomic E-state index is 0.0362. The zero-order chi connectivity index (χ0) is 14.7. The number of carbonyl (C=O) groups excluding carboxylic acids is 1. The lowest BCUT2D eigenvalue weighted by Gasteiger charge is -2.05. The van der Waals surface area contributed by atoms with Crippen LogP contribution >= 0.6 is 15.9 Å². The molecule has 4 nitrogen and oxygen atoms in total. The SMILES string of the molecule is C=C(C#N)C(=O)c1cc2cc(OCCF)c(Br)cc2[nH]1. The van der Waals surface area contributed by atoms with Gasteiger partial charge in [0.05, 0.1) is 15.7 Å². The highest BCUT2D eigenvalue weighted by atomic mass is 79.9. The Morgan fingerprint density at radius 3 is 2.90 bits per heavy atom. The van der Waals surface area contributed by atoms with E-state index in [1.54, 1.807) is 24.3 Å². The molecule has 0 amide bonds. The van der Waals surface area contributed by atoms with Crippen LogP contribution in [0.15, 0.2) is 34.8 Å². The van der Waals surface area contributed by atoms with Gasteiger partial charge in [-0.2, -0.15) is 5.26 Å². The Bertz CT molecular complexity index is 731. The van der Waals surface area contributed by atoms with Crippen molar-refractivity contribution >= 4 is 32.6 Å². The topological polar surface area (TPSA) is 65.9 Å². The molecule has 2 aromatic rings. The van der Waals surface area contributed by atoms with Gasteiger partial charge in [0.2, 0.25) is 5.78 Å². The first kappa shape index (κ1) is 14.3. The molecule has 0 unspecified atom stereocenters. The van der Waals surface area contributed by atoms with Crippen molar-refractivity contribution in [2.45, 2.75) is 0 Å². The van der Waals surface area contributed by atoms with Crippen LogP contribution in [-0.4, -0.2) is 24.0 Å². The number of rotatable bonds is 5. The zero-order valence-electron chi connectivity index (χ0n) is 10.4. The minimum Gasteiger partial charge on any atom is -0.490 e. The monoisotopic (exact) mass is 336 g/mol. The van der Waals surface area contributed by atoms with Gasteiger partial charge in [0.15, 0.2) is 0 Å². The quantitative estimate of drug-likeness (QED) is 0.516. The van der Waals surface area contributed by atoms with Gasteiger partial charge in [0.1, 0.15) is 25.1 Å². The maximum absolute atomic E-state index is 12.1. The predicted octanol–water partition coefficient (Wildman–Crippen LogP) is 3.54. The molecule has 0 atom stereocenters. The predicted molar refractivity (Wildman–Crippen MR) is 76.6 cm³/mol. The van der Waals surface area contributed by atoms with Crippen LogP contribution in [0.2, 0.25) is 0 Å². The van der Waals surface area contributed by atoms with Crippen molar-refractivity contribution in [2.24, 2.45) is 0 Å². The maximum Gasteiger partial charge on any atom is 0.219 e. The average Bonchev–Trinajstić information content (AvgIpc) is 2.85. The van der Waals surface area contributed by atoms with Crippen LogP contribution in [0.4, 0.5) is 4.39 Å². The summed E-state index contributed by atoms with van der Waals surface area (Å²) < 4.78 is 18.0. The summed E-state index contributed by atoms with van der Waals surface area (Å²) in [4.78, 5) is 14.8. The molecule has 102 valence electrons. The van der Waals surface area contributed by atoms with Gasteiger partial charge in [0.25, 0.3) is 0 Å². The number of ketones is 1. The fourth-order valence-electron chi connectivity index (χ4n) is 1.73. The number of hydrogen-bond acceptors (Lipinski definition) is 3. The highest BCUT2D eigenvalue weighted by Gasteiger charge is 2.14. The molecule has 0 aliphatic heterocycles. The largest absolute Gasteiger partial charge is 0.490 e. The number of alkyl halides is 1. The van der Waals surface area contributed by atoms with Crippen LogP contribution in [0.5, 0.6) is 5.75 Å². The van der Waals surface area contributed by atoms with Crippen molar-refractivity contribution in [2.75, 3.05) is 13.3 Å². The summed E-state index contributed by atoms with van der Waals surface area (Å²) in [6.07, 6.45) is 0. The van der Waals surface area contributed by atoms with Crippen molar-refractivity contribution in [1.29, 1.82) is 5.26 Å². The van der Waals surface area contributed by atoms with Crippen LogP contribution in [0.1, 0.15) is 10.5 Å². The fourth-order valence-corrected chi connectivity index (χ4v) is 2.19. The number of hydrogen-bond donors (Lipinski definition) is 1. The molecule has 0 saturated heterocycles. The molecule has 1 heterocycles. The number of fused-ring (bicyclic) bond motifs is 1. The summed E-state index contributed by atoms with van der Waals surface area (Å²) in [5, 5.41) is 9.41. The van der Waals surface area contributed by atoms with E-state index in [-0.39, 0.29) is 17.9 Å². The van der Waals surface area contributed by atoms with Gasteiger partial charge in [-0.25, -0.2) is 4.39 Å². The van der Waals surface area contributed by atoms with Crippen LogP contribution in [-0.2, 0) is 0 Å². The second kappa shape index (κ2) is 5.88. The van der Waals surface area contributed by atoms with E-state index in [0.29, 0.717) is 15.7 Å². The number of aromatic amines is 1. The van der Waals surface area contributed by atoms with Crippen LogP contribution in [0, 0.1) is 11.3 Å². The standard InChI is InChI=1S/C14H10BrFN2O2/c1-8(7-17)14(19)12-4-9-5-13(20-3-2-16)10(15)6-11(9)18-12/h4-6,18H,1-3H2. The summed E-state index contributed by atoms with van der Waals surface area (Å²) >= 11 is 3.31. The van der Waals surface area contributed by atoms with Gasteiger partial charge in [-0.3, -0.25) is 4.79 Å². The number of halogens is 2. The highest BCUT2D eigenvalue weighted by molar-refractivity contribution is 9.10. The Morgan fingerprint density at radius 2 is 2.25 bits per heavy atom. The first-order valence-electron chi connectivity index (χ1n) is 5.71. The zero-order valence-corrected chi connectivity index (χ0v) is 12.0. The van der Waals surface area contributed by atoms with Crippen molar-refractivity contribution in [3.8, 4) is 11.8 Å². The second-order valence-corrected chi connectivity index (χ2v) is 4.86. The molecule has 0 spiro atoms. The molecule has 0 aliphatic carbocycles. The summed E-state index contributed by atoms with van der Waals surface area (Å²) in [6, 6.07) is 6.75. The van der Waals surface area contributed by atoms with Crippen molar-refractivity contribution < 1.29 is 13.9 Å². The number of Topliss-reactive ketones (excluding diaryl/α,β-unsaturated/α-hetero) is 1. The molecule has 0 bridgehead atoms. The minimum atomic E-state index is -0.580. The molecule has 6 heteroatoms. The van der Waals surface area contributed by atoms with E-state index in [4.69, 9.17) is 10.00 Å². The fraction of sp³-hybridized carbons (Fsp3) is 0.143. The molecule has 2 rings (SSSR count). The normalized spacial score (nSPS) is 10.2. The van der Waals surface area contributed by atoms with E-state index in [1.165, 1.54) is 0 Å². The summed E-state index contributed by atoms with van der Waals surface area (Å²) in [6.45, 7) is 2.77. The maximum atomic E-state index is 12.1. The van der Waals surface area contributed by atoms with Gasteiger partial charge >= 0.3 is 0 Å². The smallest absolute Gasteiger partial charge is 0.219 e. The van der Waals surface area contributed by atoms with Gasteiger partial charge < -0.3 is 9.72 Å². The molecular formula is C14H10BrFN2O2. The van der Waals surface area contributed by atoms with Crippen LogP contribution in [0.25, 0.3) is 10.9 Å². The third-order valence-electron chi connectivity index (χ3n) is 2.66. The first-order chi connectivity index (χ1) is 9.56. The van der Waals surface area contributed by atoms with Crippen LogP contribution in [0.3, 0.4) is 0 Å². The number of aromatic nitrogens is 1. The summed E-state index contributed by atoms with van der Waals surface area (Å²) in [5.41, 5.74) is 0.851. The number of ether oxygens (including phenoxy) is 1.